The van der Waals surface area contributed by atoms with E-state index in [4.69, 9.17) is 4.74 Å². The summed E-state index contributed by atoms with van der Waals surface area (Å²) in [6.07, 6.45) is 3.08. The molecular formula is C18H27N3O4. The lowest BCUT2D eigenvalue weighted by Gasteiger charge is -2.33. The van der Waals surface area contributed by atoms with Crippen molar-refractivity contribution in [3.8, 4) is 0 Å². The molecule has 0 unspecified atom stereocenters. The summed E-state index contributed by atoms with van der Waals surface area (Å²) >= 11 is 0. The van der Waals surface area contributed by atoms with Crippen LogP contribution in [0.15, 0.2) is 17.1 Å². The molecular weight excluding hydrogens is 322 g/mol. The van der Waals surface area contributed by atoms with E-state index in [0.29, 0.717) is 25.1 Å². The van der Waals surface area contributed by atoms with Gasteiger partial charge in [-0.25, -0.2) is 4.79 Å². The molecule has 0 aromatic carbocycles. The quantitative estimate of drug-likeness (QED) is 0.831. The topological polar surface area (TPSA) is 80.6 Å². The van der Waals surface area contributed by atoms with Crippen LogP contribution in [0.25, 0.3) is 0 Å². The van der Waals surface area contributed by atoms with Crippen molar-refractivity contribution < 1.29 is 14.3 Å². The van der Waals surface area contributed by atoms with E-state index >= 15 is 0 Å². The molecule has 7 heteroatoms. The van der Waals surface area contributed by atoms with Crippen molar-refractivity contribution in [2.24, 2.45) is 13.0 Å². The van der Waals surface area contributed by atoms with Crippen molar-refractivity contribution in [1.29, 1.82) is 0 Å². The van der Waals surface area contributed by atoms with Crippen LogP contribution < -0.4 is 10.9 Å². The molecule has 25 heavy (non-hydrogen) atoms. The van der Waals surface area contributed by atoms with Gasteiger partial charge in [-0.2, -0.15) is 0 Å². The number of urea groups is 1. The van der Waals surface area contributed by atoms with Crippen LogP contribution in [0.5, 0.6) is 0 Å². The molecule has 0 spiro atoms. The van der Waals surface area contributed by atoms with Gasteiger partial charge >= 0.3 is 12.0 Å². The van der Waals surface area contributed by atoms with Gasteiger partial charge in [-0.15, -0.1) is 0 Å². The molecule has 138 valence electrons. The molecule has 0 aliphatic carbocycles. The van der Waals surface area contributed by atoms with Gasteiger partial charge in [0.1, 0.15) is 11.3 Å². The van der Waals surface area contributed by atoms with Crippen LogP contribution in [-0.2, 0) is 16.6 Å². The summed E-state index contributed by atoms with van der Waals surface area (Å²) in [6, 6.07) is 1.41. The number of pyridine rings is 1. The average molecular weight is 349 g/mol. The SMILES string of the molecule is Cc1ccn(C)c(=O)c1NC(=O)N1CCC[C@H](C(=O)OC(C)(C)C)C1. The van der Waals surface area contributed by atoms with E-state index < -0.39 is 5.60 Å². The first-order valence-electron chi connectivity index (χ1n) is 8.53. The number of aryl methyl sites for hydroxylation is 2. The number of piperidine rings is 1. The molecule has 1 atom stereocenters. The fourth-order valence-corrected chi connectivity index (χ4v) is 2.80. The van der Waals surface area contributed by atoms with Crippen LogP contribution >= 0.6 is 0 Å². The lowest BCUT2D eigenvalue weighted by Crippen LogP contribution is -2.46. The summed E-state index contributed by atoms with van der Waals surface area (Å²) < 4.78 is 6.85. The highest BCUT2D eigenvalue weighted by atomic mass is 16.6. The Morgan fingerprint density at radius 1 is 1.32 bits per heavy atom. The molecule has 0 radical (unpaired) electrons. The second-order valence-corrected chi connectivity index (χ2v) is 7.54. The number of amides is 2. The zero-order chi connectivity index (χ0) is 18.8. The Hall–Kier alpha value is -2.31. The average Bonchev–Trinajstić information content (AvgIpc) is 2.53. The summed E-state index contributed by atoms with van der Waals surface area (Å²) in [5.41, 5.74) is 0.176. The molecule has 1 fully saturated rings. The van der Waals surface area contributed by atoms with E-state index in [-0.39, 0.29) is 29.2 Å². The van der Waals surface area contributed by atoms with Gasteiger partial charge in [0.15, 0.2) is 0 Å². The Kier molecular flexibility index (Phi) is 5.55. The Labute approximate surface area is 148 Å². The molecule has 0 bridgehead atoms. The van der Waals surface area contributed by atoms with Crippen LogP contribution in [0.2, 0.25) is 0 Å². The normalized spacial score (nSPS) is 18.0. The Morgan fingerprint density at radius 2 is 2.00 bits per heavy atom. The number of nitrogens with zero attached hydrogens (tertiary/aromatic N) is 2. The number of aromatic nitrogens is 1. The lowest BCUT2D eigenvalue weighted by atomic mass is 9.98. The smallest absolute Gasteiger partial charge is 0.322 e. The zero-order valence-corrected chi connectivity index (χ0v) is 15.6. The zero-order valence-electron chi connectivity index (χ0n) is 15.6. The van der Waals surface area contributed by atoms with Gasteiger partial charge in [-0.1, -0.05) is 0 Å². The first-order chi connectivity index (χ1) is 11.6. The predicted molar refractivity (Wildman–Crippen MR) is 95.6 cm³/mol. The number of rotatable bonds is 2. The Bertz CT molecular complexity index is 718. The number of hydrogen-bond donors (Lipinski definition) is 1. The van der Waals surface area contributed by atoms with Crippen molar-refractivity contribution >= 4 is 17.7 Å². The number of carbonyl (C=O) groups is 2. The van der Waals surface area contributed by atoms with Gasteiger partial charge in [0, 0.05) is 26.3 Å². The summed E-state index contributed by atoms with van der Waals surface area (Å²) in [5.74, 6) is -0.616. The monoisotopic (exact) mass is 349 g/mol. The number of likely N-dealkylation sites (tertiary alicyclic amines) is 1. The third kappa shape index (κ3) is 4.84. The van der Waals surface area contributed by atoms with E-state index in [0.717, 1.165) is 6.42 Å². The number of nitrogens with one attached hydrogen (secondary N) is 1. The van der Waals surface area contributed by atoms with Gasteiger partial charge in [0.05, 0.1) is 5.92 Å². The first kappa shape index (κ1) is 19.0. The van der Waals surface area contributed by atoms with Gasteiger partial charge in [0.25, 0.3) is 5.56 Å². The van der Waals surface area contributed by atoms with Crippen molar-refractivity contribution in [3.05, 3.63) is 28.2 Å². The van der Waals surface area contributed by atoms with E-state index in [1.165, 1.54) is 4.57 Å². The van der Waals surface area contributed by atoms with Crippen LogP contribution in [0.3, 0.4) is 0 Å². The highest BCUT2D eigenvalue weighted by molar-refractivity contribution is 5.90. The molecule has 7 nitrogen and oxygen atoms in total. The second kappa shape index (κ2) is 7.29. The highest BCUT2D eigenvalue weighted by Crippen LogP contribution is 2.21. The summed E-state index contributed by atoms with van der Waals surface area (Å²) in [4.78, 5) is 38.6. The predicted octanol–water partition coefficient (Wildman–Crippen LogP) is 2.28. The van der Waals surface area contributed by atoms with Crippen LogP contribution in [0.4, 0.5) is 10.5 Å². The molecule has 2 rings (SSSR count). The summed E-state index contributed by atoms with van der Waals surface area (Å²) in [5, 5.41) is 2.70. The first-order valence-corrected chi connectivity index (χ1v) is 8.53. The van der Waals surface area contributed by atoms with E-state index in [9.17, 15) is 14.4 Å². The minimum atomic E-state index is -0.547. The van der Waals surface area contributed by atoms with Crippen molar-refractivity contribution in [1.82, 2.24) is 9.47 Å². The molecule has 1 saturated heterocycles. The molecule has 1 aliphatic heterocycles. The molecule has 1 aromatic heterocycles. The molecule has 1 aliphatic rings. The molecule has 0 saturated carbocycles. The fourth-order valence-electron chi connectivity index (χ4n) is 2.80. The number of hydrogen-bond acceptors (Lipinski definition) is 4. The summed E-state index contributed by atoms with van der Waals surface area (Å²) in [6.45, 7) is 8.10. The fraction of sp³-hybridized carbons (Fsp3) is 0.611. The van der Waals surface area contributed by atoms with E-state index in [1.54, 1.807) is 31.1 Å². The number of anilines is 1. The maximum atomic E-state index is 12.6. The van der Waals surface area contributed by atoms with Gasteiger partial charge in [-0.3, -0.25) is 9.59 Å². The maximum Gasteiger partial charge on any atom is 0.322 e. The van der Waals surface area contributed by atoms with Gasteiger partial charge in [0.2, 0.25) is 0 Å². The summed E-state index contributed by atoms with van der Waals surface area (Å²) in [7, 11) is 1.64. The third-order valence-corrected chi connectivity index (χ3v) is 4.16. The van der Waals surface area contributed by atoms with Crippen molar-refractivity contribution in [3.63, 3.8) is 0 Å². The third-order valence-electron chi connectivity index (χ3n) is 4.16. The number of ether oxygens (including phenoxy) is 1. The Balaban J connectivity index is 2.07. The lowest BCUT2D eigenvalue weighted by molar-refractivity contribution is -0.161. The minimum absolute atomic E-state index is 0.256. The van der Waals surface area contributed by atoms with E-state index in [1.807, 2.05) is 20.8 Å². The molecule has 1 N–H and O–H groups in total. The van der Waals surface area contributed by atoms with E-state index in [2.05, 4.69) is 5.32 Å². The van der Waals surface area contributed by atoms with Crippen molar-refractivity contribution in [2.75, 3.05) is 18.4 Å². The molecule has 2 amide bonds. The number of carbonyl (C=O) groups excluding carboxylic acids is 2. The minimum Gasteiger partial charge on any atom is -0.460 e. The van der Waals surface area contributed by atoms with Crippen LogP contribution in [-0.4, -0.2) is 40.2 Å². The maximum absolute atomic E-state index is 12.6. The van der Waals surface area contributed by atoms with Crippen molar-refractivity contribution in [2.45, 2.75) is 46.1 Å². The van der Waals surface area contributed by atoms with Crippen LogP contribution in [0, 0.1) is 12.8 Å². The van der Waals surface area contributed by atoms with Gasteiger partial charge in [-0.05, 0) is 52.2 Å². The highest BCUT2D eigenvalue weighted by Gasteiger charge is 2.32. The van der Waals surface area contributed by atoms with Gasteiger partial charge < -0.3 is 19.5 Å². The molecule has 1 aromatic rings. The number of esters is 1. The largest absolute Gasteiger partial charge is 0.460 e. The second-order valence-electron chi connectivity index (χ2n) is 7.54. The van der Waals surface area contributed by atoms with Crippen LogP contribution in [0.1, 0.15) is 39.2 Å². The standard InChI is InChI=1S/C18H27N3O4/c1-12-8-10-20(5)15(22)14(12)19-17(24)21-9-6-7-13(11-21)16(23)25-18(2,3)4/h8,10,13H,6-7,9,11H2,1-5H3,(H,19,24)/t13-/m0/s1. The molecule has 2 heterocycles. The Morgan fingerprint density at radius 3 is 2.64 bits per heavy atom.